The van der Waals surface area contributed by atoms with Gasteiger partial charge in [-0.2, -0.15) is 0 Å². The first-order valence-electron chi connectivity index (χ1n) is 7.88. The molecule has 6 heteroatoms. The Kier molecular flexibility index (Phi) is 4.66. The molecule has 4 nitrogen and oxygen atoms in total. The summed E-state index contributed by atoms with van der Waals surface area (Å²) in [5.74, 6) is -1.35. The van der Waals surface area contributed by atoms with Gasteiger partial charge in [0.15, 0.2) is 0 Å². The van der Waals surface area contributed by atoms with E-state index in [0.717, 1.165) is 47.5 Å². The molecule has 1 saturated carbocycles. The maximum absolute atomic E-state index is 13.2. The van der Waals surface area contributed by atoms with Crippen LogP contribution >= 0.6 is 11.3 Å². The van der Waals surface area contributed by atoms with Gasteiger partial charge < -0.3 is 10.4 Å². The van der Waals surface area contributed by atoms with Crippen LogP contribution in [-0.2, 0) is 16.8 Å². The zero-order chi connectivity index (χ0) is 17.2. The van der Waals surface area contributed by atoms with Crippen molar-refractivity contribution >= 4 is 23.2 Å². The van der Waals surface area contributed by atoms with Crippen LogP contribution in [0.5, 0.6) is 0 Å². The van der Waals surface area contributed by atoms with Gasteiger partial charge in [-0.05, 0) is 42.7 Å². The minimum atomic E-state index is -0.962. The predicted octanol–water partition coefficient (Wildman–Crippen LogP) is 3.71. The number of thiophene rings is 1. The molecule has 1 aliphatic rings. The van der Waals surface area contributed by atoms with Crippen molar-refractivity contribution in [3.8, 4) is 0 Å². The SMILES string of the molecule is O=C(O)c1ccc(CNC(=O)C2(c3ccc(F)cc3)CCCC2)s1. The average Bonchev–Trinajstić information content (AvgIpc) is 3.23. The smallest absolute Gasteiger partial charge is 0.345 e. The number of hydrogen-bond donors (Lipinski definition) is 2. The molecule has 1 fully saturated rings. The monoisotopic (exact) mass is 347 g/mol. The molecule has 126 valence electrons. The Hall–Kier alpha value is -2.21. The van der Waals surface area contributed by atoms with E-state index in [1.165, 1.54) is 12.1 Å². The summed E-state index contributed by atoms with van der Waals surface area (Å²) in [6.45, 7) is 0.305. The molecule has 0 aliphatic heterocycles. The molecule has 0 bridgehead atoms. The van der Waals surface area contributed by atoms with E-state index in [-0.39, 0.29) is 16.6 Å². The summed E-state index contributed by atoms with van der Waals surface area (Å²) in [7, 11) is 0. The molecule has 0 unspecified atom stereocenters. The zero-order valence-electron chi connectivity index (χ0n) is 13.0. The molecule has 0 atom stereocenters. The lowest BCUT2D eigenvalue weighted by atomic mass is 9.78. The average molecular weight is 347 g/mol. The van der Waals surface area contributed by atoms with Gasteiger partial charge in [-0.15, -0.1) is 11.3 Å². The van der Waals surface area contributed by atoms with Crippen LogP contribution in [0.25, 0.3) is 0 Å². The summed E-state index contributed by atoms with van der Waals surface area (Å²) in [6.07, 6.45) is 3.42. The van der Waals surface area contributed by atoms with Crippen LogP contribution in [0.15, 0.2) is 36.4 Å². The van der Waals surface area contributed by atoms with Crippen LogP contribution < -0.4 is 5.32 Å². The Balaban J connectivity index is 1.75. The molecular formula is C18H18FNO3S. The number of aromatic carboxylic acids is 1. The number of carbonyl (C=O) groups is 2. The van der Waals surface area contributed by atoms with Crippen LogP contribution in [0.1, 0.15) is 45.8 Å². The fourth-order valence-electron chi connectivity index (χ4n) is 3.32. The van der Waals surface area contributed by atoms with E-state index in [1.54, 1.807) is 24.3 Å². The second-order valence-corrected chi connectivity index (χ2v) is 7.22. The molecule has 1 heterocycles. The Bertz CT molecular complexity index is 748. The molecular weight excluding hydrogens is 329 g/mol. The second-order valence-electron chi connectivity index (χ2n) is 6.05. The van der Waals surface area contributed by atoms with Crippen LogP contribution in [0.4, 0.5) is 4.39 Å². The first kappa shape index (κ1) is 16.6. The highest BCUT2D eigenvalue weighted by molar-refractivity contribution is 7.13. The lowest BCUT2D eigenvalue weighted by Gasteiger charge is -2.28. The molecule has 24 heavy (non-hydrogen) atoms. The quantitative estimate of drug-likeness (QED) is 0.866. The number of benzene rings is 1. The highest BCUT2D eigenvalue weighted by Crippen LogP contribution is 2.41. The summed E-state index contributed by atoms with van der Waals surface area (Å²) in [5.41, 5.74) is 0.233. The van der Waals surface area contributed by atoms with Crippen LogP contribution in [-0.4, -0.2) is 17.0 Å². The molecule has 0 spiro atoms. The van der Waals surface area contributed by atoms with Gasteiger partial charge in [0, 0.05) is 4.88 Å². The van der Waals surface area contributed by atoms with Crippen molar-refractivity contribution in [2.75, 3.05) is 0 Å². The Morgan fingerprint density at radius 3 is 2.38 bits per heavy atom. The Labute approximate surface area is 143 Å². The standard InChI is InChI=1S/C18H18FNO3S/c19-13-5-3-12(4-6-13)18(9-1-2-10-18)17(23)20-11-14-7-8-15(24-14)16(21)22/h3-8H,1-2,9-11H2,(H,20,23)(H,21,22). The number of carbonyl (C=O) groups excluding carboxylic acids is 1. The van der Waals surface area contributed by atoms with Crippen molar-refractivity contribution in [2.24, 2.45) is 0 Å². The van der Waals surface area contributed by atoms with Crippen molar-refractivity contribution in [1.82, 2.24) is 5.32 Å². The summed E-state index contributed by atoms with van der Waals surface area (Å²) in [5, 5.41) is 11.9. The summed E-state index contributed by atoms with van der Waals surface area (Å²) in [4.78, 5) is 24.8. The van der Waals surface area contributed by atoms with Gasteiger partial charge in [-0.25, -0.2) is 9.18 Å². The molecule has 2 N–H and O–H groups in total. The largest absolute Gasteiger partial charge is 0.477 e. The van der Waals surface area contributed by atoms with Gasteiger partial charge in [-0.3, -0.25) is 4.79 Å². The van der Waals surface area contributed by atoms with Crippen LogP contribution in [0, 0.1) is 5.82 Å². The van der Waals surface area contributed by atoms with Crippen molar-refractivity contribution in [1.29, 1.82) is 0 Å². The molecule has 1 aliphatic carbocycles. The van der Waals surface area contributed by atoms with Crippen LogP contribution in [0.3, 0.4) is 0 Å². The van der Waals surface area contributed by atoms with Gasteiger partial charge in [0.2, 0.25) is 5.91 Å². The number of halogens is 1. The van der Waals surface area contributed by atoms with E-state index in [1.807, 2.05) is 0 Å². The molecule has 1 aromatic heterocycles. The Morgan fingerprint density at radius 2 is 1.79 bits per heavy atom. The van der Waals surface area contributed by atoms with Gasteiger partial charge in [0.1, 0.15) is 10.7 Å². The minimum Gasteiger partial charge on any atom is -0.477 e. The third-order valence-corrected chi connectivity index (χ3v) is 5.66. The summed E-state index contributed by atoms with van der Waals surface area (Å²) in [6, 6.07) is 9.41. The molecule has 1 amide bonds. The number of amides is 1. The number of rotatable bonds is 5. The third-order valence-electron chi connectivity index (χ3n) is 4.58. The van der Waals surface area contributed by atoms with Gasteiger partial charge in [-0.1, -0.05) is 25.0 Å². The van der Waals surface area contributed by atoms with Crippen molar-refractivity contribution in [2.45, 2.75) is 37.6 Å². The van der Waals surface area contributed by atoms with E-state index in [0.29, 0.717) is 6.54 Å². The first-order valence-corrected chi connectivity index (χ1v) is 8.69. The predicted molar refractivity (Wildman–Crippen MR) is 89.7 cm³/mol. The van der Waals surface area contributed by atoms with E-state index in [2.05, 4.69) is 5.32 Å². The van der Waals surface area contributed by atoms with Crippen molar-refractivity contribution in [3.63, 3.8) is 0 Å². The van der Waals surface area contributed by atoms with Gasteiger partial charge in [0.05, 0.1) is 12.0 Å². The van der Waals surface area contributed by atoms with E-state index >= 15 is 0 Å². The number of carboxylic acids is 1. The lowest BCUT2D eigenvalue weighted by Crippen LogP contribution is -2.42. The normalized spacial score (nSPS) is 16.0. The molecule has 0 radical (unpaired) electrons. The van der Waals surface area contributed by atoms with Gasteiger partial charge in [0.25, 0.3) is 0 Å². The fraction of sp³-hybridized carbons (Fsp3) is 0.333. The maximum atomic E-state index is 13.2. The number of hydrogen-bond acceptors (Lipinski definition) is 3. The highest BCUT2D eigenvalue weighted by atomic mass is 32.1. The summed E-state index contributed by atoms with van der Waals surface area (Å²) < 4.78 is 13.2. The summed E-state index contributed by atoms with van der Waals surface area (Å²) >= 11 is 1.16. The van der Waals surface area contributed by atoms with E-state index in [4.69, 9.17) is 5.11 Å². The molecule has 1 aromatic carbocycles. The van der Waals surface area contributed by atoms with Crippen molar-refractivity contribution in [3.05, 3.63) is 57.5 Å². The molecule has 0 saturated heterocycles. The van der Waals surface area contributed by atoms with Gasteiger partial charge >= 0.3 is 5.97 Å². The van der Waals surface area contributed by atoms with Crippen molar-refractivity contribution < 1.29 is 19.1 Å². The number of carboxylic acid groups (broad SMARTS) is 1. The zero-order valence-corrected chi connectivity index (χ0v) is 13.9. The molecule has 3 rings (SSSR count). The third kappa shape index (κ3) is 3.19. The maximum Gasteiger partial charge on any atom is 0.345 e. The van der Waals surface area contributed by atoms with Crippen LogP contribution in [0.2, 0.25) is 0 Å². The topological polar surface area (TPSA) is 66.4 Å². The number of nitrogens with one attached hydrogen (secondary N) is 1. The molecule has 2 aromatic rings. The van der Waals surface area contributed by atoms with E-state index in [9.17, 15) is 14.0 Å². The second kappa shape index (κ2) is 6.73. The highest BCUT2D eigenvalue weighted by Gasteiger charge is 2.42. The first-order chi connectivity index (χ1) is 11.5. The fourth-order valence-corrected chi connectivity index (χ4v) is 4.11. The minimum absolute atomic E-state index is 0.0723. The lowest BCUT2D eigenvalue weighted by molar-refractivity contribution is -0.126. The van der Waals surface area contributed by atoms with E-state index < -0.39 is 11.4 Å². The Morgan fingerprint density at radius 1 is 1.12 bits per heavy atom.